The van der Waals surface area contributed by atoms with Crippen LogP contribution in [0.5, 0.6) is 5.75 Å². The van der Waals surface area contributed by atoms with E-state index in [1.54, 1.807) is 7.11 Å². The van der Waals surface area contributed by atoms with Crippen LogP contribution in [0.2, 0.25) is 0 Å². The van der Waals surface area contributed by atoms with Gasteiger partial charge in [-0.3, -0.25) is 4.90 Å². The molecule has 6 nitrogen and oxygen atoms in total. The van der Waals surface area contributed by atoms with E-state index in [1.165, 1.54) is 5.69 Å². The molecule has 0 atom stereocenters. The Balaban J connectivity index is 1.54. The maximum atomic E-state index is 5.19. The van der Waals surface area contributed by atoms with Gasteiger partial charge in [0.2, 0.25) is 5.89 Å². The van der Waals surface area contributed by atoms with E-state index in [1.807, 2.05) is 19.1 Å². The van der Waals surface area contributed by atoms with E-state index in [4.69, 9.17) is 9.26 Å². The lowest BCUT2D eigenvalue weighted by Gasteiger charge is -2.35. The summed E-state index contributed by atoms with van der Waals surface area (Å²) in [6.07, 6.45) is 0. The second kappa shape index (κ2) is 6.13. The van der Waals surface area contributed by atoms with Gasteiger partial charge in [0, 0.05) is 31.9 Å². The second-order valence-electron chi connectivity index (χ2n) is 5.20. The number of aromatic nitrogens is 2. The van der Waals surface area contributed by atoms with Gasteiger partial charge in [0.05, 0.1) is 13.7 Å². The van der Waals surface area contributed by atoms with Gasteiger partial charge in [0.25, 0.3) is 0 Å². The smallest absolute Gasteiger partial charge is 0.240 e. The summed E-state index contributed by atoms with van der Waals surface area (Å²) in [5.41, 5.74) is 1.24. The monoisotopic (exact) mass is 288 g/mol. The van der Waals surface area contributed by atoms with Crippen LogP contribution < -0.4 is 9.64 Å². The summed E-state index contributed by atoms with van der Waals surface area (Å²) in [5.74, 6) is 2.29. The topological polar surface area (TPSA) is 54.6 Å². The maximum Gasteiger partial charge on any atom is 0.240 e. The highest BCUT2D eigenvalue weighted by molar-refractivity contribution is 5.49. The van der Waals surface area contributed by atoms with Gasteiger partial charge in [-0.1, -0.05) is 5.16 Å². The number of rotatable bonds is 4. The summed E-state index contributed by atoms with van der Waals surface area (Å²) in [6.45, 7) is 6.56. The SMILES string of the molecule is COc1ccc(N2CCN(Cc3nc(C)no3)CC2)cc1. The van der Waals surface area contributed by atoms with Crippen molar-refractivity contribution >= 4 is 5.69 Å². The third-order valence-corrected chi connectivity index (χ3v) is 3.74. The van der Waals surface area contributed by atoms with E-state index in [0.29, 0.717) is 11.7 Å². The Morgan fingerprint density at radius 1 is 1.14 bits per heavy atom. The summed E-state index contributed by atoms with van der Waals surface area (Å²) in [4.78, 5) is 8.98. The summed E-state index contributed by atoms with van der Waals surface area (Å²) < 4.78 is 10.4. The number of methoxy groups -OCH3 is 1. The summed E-state index contributed by atoms with van der Waals surface area (Å²) in [5, 5.41) is 3.83. The van der Waals surface area contributed by atoms with Gasteiger partial charge in [0.15, 0.2) is 5.82 Å². The molecule has 112 valence electrons. The fourth-order valence-electron chi connectivity index (χ4n) is 2.55. The Bertz CT molecular complexity index is 574. The zero-order valence-corrected chi connectivity index (χ0v) is 12.5. The van der Waals surface area contributed by atoms with Gasteiger partial charge in [0.1, 0.15) is 5.75 Å². The molecule has 0 saturated carbocycles. The molecule has 3 rings (SSSR count). The largest absolute Gasteiger partial charge is 0.497 e. The van der Waals surface area contributed by atoms with E-state index >= 15 is 0 Å². The average Bonchev–Trinajstić information content (AvgIpc) is 2.93. The lowest BCUT2D eigenvalue weighted by Crippen LogP contribution is -2.46. The minimum Gasteiger partial charge on any atom is -0.497 e. The molecule has 21 heavy (non-hydrogen) atoms. The molecule has 0 radical (unpaired) electrons. The van der Waals surface area contributed by atoms with Crippen molar-refractivity contribution in [3.63, 3.8) is 0 Å². The minimum absolute atomic E-state index is 0.696. The maximum absolute atomic E-state index is 5.19. The molecule has 0 amide bonds. The molecule has 0 spiro atoms. The number of hydrogen-bond acceptors (Lipinski definition) is 6. The van der Waals surface area contributed by atoms with E-state index in [2.05, 4.69) is 32.1 Å². The van der Waals surface area contributed by atoms with Crippen molar-refractivity contribution in [2.75, 3.05) is 38.2 Å². The van der Waals surface area contributed by atoms with Crippen molar-refractivity contribution in [2.24, 2.45) is 0 Å². The Morgan fingerprint density at radius 3 is 2.43 bits per heavy atom. The zero-order chi connectivity index (χ0) is 14.7. The summed E-state index contributed by atoms with van der Waals surface area (Å²) in [6, 6.07) is 8.22. The van der Waals surface area contributed by atoms with Crippen molar-refractivity contribution in [1.29, 1.82) is 0 Å². The van der Waals surface area contributed by atoms with Crippen molar-refractivity contribution in [3.8, 4) is 5.75 Å². The molecule has 1 fully saturated rings. The second-order valence-corrected chi connectivity index (χ2v) is 5.20. The molecule has 1 aliphatic heterocycles. The highest BCUT2D eigenvalue weighted by Crippen LogP contribution is 2.20. The highest BCUT2D eigenvalue weighted by atomic mass is 16.5. The van der Waals surface area contributed by atoms with Gasteiger partial charge in [-0.2, -0.15) is 4.98 Å². The van der Waals surface area contributed by atoms with Gasteiger partial charge < -0.3 is 14.2 Å². The lowest BCUT2D eigenvalue weighted by atomic mass is 10.2. The van der Waals surface area contributed by atoms with Crippen molar-refractivity contribution in [1.82, 2.24) is 15.0 Å². The number of nitrogens with zero attached hydrogens (tertiary/aromatic N) is 4. The van der Waals surface area contributed by atoms with E-state index in [-0.39, 0.29) is 0 Å². The molecule has 2 aromatic rings. The number of benzene rings is 1. The molecular weight excluding hydrogens is 268 g/mol. The van der Waals surface area contributed by atoms with Crippen molar-refractivity contribution in [3.05, 3.63) is 36.0 Å². The molecule has 2 heterocycles. The molecule has 0 aliphatic carbocycles. The molecule has 0 bridgehead atoms. The third kappa shape index (κ3) is 3.33. The Morgan fingerprint density at radius 2 is 1.86 bits per heavy atom. The van der Waals surface area contributed by atoms with Gasteiger partial charge in [-0.05, 0) is 31.2 Å². The van der Waals surface area contributed by atoms with Crippen molar-refractivity contribution in [2.45, 2.75) is 13.5 Å². The third-order valence-electron chi connectivity index (χ3n) is 3.74. The first-order valence-corrected chi connectivity index (χ1v) is 7.15. The molecule has 1 aliphatic rings. The molecule has 6 heteroatoms. The van der Waals surface area contributed by atoms with E-state index in [0.717, 1.165) is 38.5 Å². The van der Waals surface area contributed by atoms with Gasteiger partial charge in [-0.15, -0.1) is 0 Å². The van der Waals surface area contributed by atoms with E-state index in [9.17, 15) is 0 Å². The molecule has 1 aromatic carbocycles. The van der Waals surface area contributed by atoms with Gasteiger partial charge in [-0.25, -0.2) is 0 Å². The first-order chi connectivity index (χ1) is 10.2. The Labute approximate surface area is 124 Å². The molecule has 0 unspecified atom stereocenters. The predicted octanol–water partition coefficient (Wildman–Crippen LogP) is 1.71. The molecule has 1 saturated heterocycles. The van der Waals surface area contributed by atoms with Crippen LogP contribution in [0.3, 0.4) is 0 Å². The van der Waals surface area contributed by atoms with Crippen LogP contribution in [0.4, 0.5) is 5.69 Å². The van der Waals surface area contributed by atoms with Crippen LogP contribution >= 0.6 is 0 Å². The zero-order valence-electron chi connectivity index (χ0n) is 12.5. The Kier molecular flexibility index (Phi) is 4.06. The Hall–Kier alpha value is -2.08. The summed E-state index contributed by atoms with van der Waals surface area (Å²) in [7, 11) is 1.69. The quantitative estimate of drug-likeness (QED) is 0.853. The number of hydrogen-bond donors (Lipinski definition) is 0. The normalized spacial score (nSPS) is 16.2. The number of piperazine rings is 1. The first kappa shape index (κ1) is 13.9. The summed E-state index contributed by atoms with van der Waals surface area (Å²) >= 11 is 0. The van der Waals surface area contributed by atoms with Crippen LogP contribution in [0.15, 0.2) is 28.8 Å². The molecule has 1 aromatic heterocycles. The van der Waals surface area contributed by atoms with Crippen LogP contribution in [0.1, 0.15) is 11.7 Å². The van der Waals surface area contributed by atoms with Crippen LogP contribution in [-0.4, -0.2) is 48.3 Å². The number of aryl methyl sites for hydroxylation is 1. The fourth-order valence-corrected chi connectivity index (χ4v) is 2.55. The van der Waals surface area contributed by atoms with Gasteiger partial charge >= 0.3 is 0 Å². The first-order valence-electron chi connectivity index (χ1n) is 7.15. The lowest BCUT2D eigenvalue weighted by molar-refractivity contribution is 0.215. The molecular formula is C15H20N4O2. The van der Waals surface area contributed by atoms with Crippen molar-refractivity contribution < 1.29 is 9.26 Å². The predicted molar refractivity (Wildman–Crippen MR) is 79.5 cm³/mol. The molecule has 0 N–H and O–H groups in total. The minimum atomic E-state index is 0.696. The fraction of sp³-hybridized carbons (Fsp3) is 0.467. The standard InChI is InChI=1S/C15H20N4O2/c1-12-16-15(21-17-12)11-18-7-9-19(10-8-18)13-3-5-14(20-2)6-4-13/h3-6H,7-11H2,1-2H3. The average molecular weight is 288 g/mol. The van der Waals surface area contributed by atoms with Crippen LogP contribution in [0, 0.1) is 6.92 Å². The van der Waals surface area contributed by atoms with E-state index < -0.39 is 0 Å². The number of ether oxygens (including phenoxy) is 1. The highest BCUT2D eigenvalue weighted by Gasteiger charge is 2.19. The van der Waals surface area contributed by atoms with Crippen LogP contribution in [0.25, 0.3) is 0 Å². The number of anilines is 1. The van der Waals surface area contributed by atoms with Crippen LogP contribution in [-0.2, 0) is 6.54 Å².